The number of hydrogen-bond donors (Lipinski definition) is 3. The Kier molecular flexibility index (Phi) is 4.92. The van der Waals surface area contributed by atoms with Crippen LogP contribution in [0.25, 0.3) is 0 Å². The third kappa shape index (κ3) is 3.69. The molecule has 1 unspecified atom stereocenters. The molecule has 1 amide bonds. The fourth-order valence-electron chi connectivity index (χ4n) is 1.06. The van der Waals surface area contributed by atoms with Gasteiger partial charge in [0.2, 0.25) is 0 Å². The van der Waals surface area contributed by atoms with E-state index < -0.39 is 24.5 Å². The molecule has 1 aromatic carbocycles. The highest BCUT2D eigenvalue weighted by atomic mass is 79.9. The lowest BCUT2D eigenvalue weighted by atomic mass is 10.2. The number of hydrogen-bond acceptors (Lipinski definition) is 3. The number of carboxylic acid groups (broad SMARTS) is 1. The molecule has 0 saturated heterocycles. The van der Waals surface area contributed by atoms with Crippen molar-refractivity contribution in [3.63, 3.8) is 0 Å². The van der Waals surface area contributed by atoms with Crippen molar-refractivity contribution in [3.05, 3.63) is 33.3 Å². The molecule has 0 aliphatic rings. The van der Waals surface area contributed by atoms with E-state index in [-0.39, 0.29) is 5.56 Å². The molecular formula is C10H9BrClNO4. The number of nitrogens with one attached hydrogen (secondary N) is 1. The van der Waals surface area contributed by atoms with Crippen LogP contribution in [0.2, 0.25) is 5.02 Å². The Balaban J connectivity index is 2.82. The Morgan fingerprint density at radius 2 is 2.12 bits per heavy atom. The fourth-order valence-corrected chi connectivity index (χ4v) is 1.49. The molecular weight excluding hydrogens is 313 g/mol. The van der Waals surface area contributed by atoms with Gasteiger partial charge in [-0.2, -0.15) is 0 Å². The number of amides is 1. The van der Waals surface area contributed by atoms with Crippen LogP contribution >= 0.6 is 27.5 Å². The molecule has 1 aromatic rings. The molecule has 92 valence electrons. The molecule has 1 atom stereocenters. The highest BCUT2D eigenvalue weighted by molar-refractivity contribution is 9.10. The molecule has 1 rings (SSSR count). The molecule has 0 fully saturated rings. The predicted octanol–water partition coefficient (Wildman–Crippen LogP) is 1.28. The van der Waals surface area contributed by atoms with Crippen molar-refractivity contribution in [3.8, 4) is 0 Å². The lowest BCUT2D eigenvalue weighted by Gasteiger charge is -2.11. The van der Waals surface area contributed by atoms with E-state index in [1.807, 2.05) is 0 Å². The largest absolute Gasteiger partial charge is 0.480 e. The maximum Gasteiger partial charge on any atom is 0.328 e. The van der Waals surface area contributed by atoms with Crippen molar-refractivity contribution >= 4 is 39.4 Å². The van der Waals surface area contributed by atoms with E-state index in [2.05, 4.69) is 21.2 Å². The number of rotatable bonds is 4. The van der Waals surface area contributed by atoms with Gasteiger partial charge >= 0.3 is 5.97 Å². The first kappa shape index (κ1) is 14.0. The van der Waals surface area contributed by atoms with Crippen molar-refractivity contribution in [2.75, 3.05) is 6.61 Å². The number of carboxylic acids is 1. The number of aliphatic hydroxyl groups is 1. The SMILES string of the molecule is O=C(NC(CO)C(=O)O)c1ccc(Br)c(Cl)c1. The summed E-state index contributed by atoms with van der Waals surface area (Å²) in [5.41, 5.74) is 0.220. The van der Waals surface area contributed by atoms with Crippen LogP contribution in [0.1, 0.15) is 10.4 Å². The number of halogens is 2. The van der Waals surface area contributed by atoms with Gasteiger partial charge in [-0.1, -0.05) is 11.6 Å². The smallest absolute Gasteiger partial charge is 0.328 e. The van der Waals surface area contributed by atoms with Crippen molar-refractivity contribution < 1.29 is 19.8 Å². The van der Waals surface area contributed by atoms with Gasteiger partial charge in [0.1, 0.15) is 0 Å². The lowest BCUT2D eigenvalue weighted by Crippen LogP contribution is -2.43. The topological polar surface area (TPSA) is 86.6 Å². The van der Waals surface area contributed by atoms with Gasteiger partial charge in [0.15, 0.2) is 6.04 Å². The maximum atomic E-state index is 11.6. The molecule has 0 spiro atoms. The third-order valence-corrected chi connectivity index (χ3v) is 3.20. The standard InChI is InChI=1S/C10H9BrClNO4/c11-6-2-1-5(3-7(6)12)9(15)13-8(4-14)10(16)17/h1-3,8,14H,4H2,(H,13,15)(H,16,17). The number of carbonyl (C=O) groups is 2. The van der Waals surface area contributed by atoms with Crippen molar-refractivity contribution in [1.82, 2.24) is 5.32 Å². The van der Waals surface area contributed by atoms with Crippen LogP contribution in [0.4, 0.5) is 0 Å². The summed E-state index contributed by atoms with van der Waals surface area (Å²) in [4.78, 5) is 22.2. The normalized spacial score (nSPS) is 11.9. The third-order valence-electron chi connectivity index (χ3n) is 1.97. The monoisotopic (exact) mass is 321 g/mol. The average molecular weight is 323 g/mol. The molecule has 0 aromatic heterocycles. The van der Waals surface area contributed by atoms with E-state index in [1.54, 1.807) is 6.07 Å². The summed E-state index contributed by atoms with van der Waals surface area (Å²) < 4.78 is 0.632. The van der Waals surface area contributed by atoms with Gasteiger partial charge in [-0.05, 0) is 34.1 Å². The highest BCUT2D eigenvalue weighted by Crippen LogP contribution is 2.23. The summed E-state index contributed by atoms with van der Waals surface area (Å²) in [6, 6.07) is 3.13. The number of benzene rings is 1. The second kappa shape index (κ2) is 6.00. The molecule has 0 radical (unpaired) electrons. The summed E-state index contributed by atoms with van der Waals surface area (Å²) in [7, 11) is 0. The van der Waals surface area contributed by atoms with Crippen molar-refractivity contribution in [1.29, 1.82) is 0 Å². The maximum absolute atomic E-state index is 11.6. The number of aliphatic hydroxyl groups excluding tert-OH is 1. The minimum atomic E-state index is -1.33. The minimum Gasteiger partial charge on any atom is -0.480 e. The fraction of sp³-hybridized carbons (Fsp3) is 0.200. The predicted molar refractivity (Wildman–Crippen MR) is 65.1 cm³/mol. The molecule has 0 bridgehead atoms. The zero-order chi connectivity index (χ0) is 13.0. The minimum absolute atomic E-state index is 0.220. The van der Waals surface area contributed by atoms with E-state index in [0.717, 1.165) is 0 Å². The van der Waals surface area contributed by atoms with Crippen LogP contribution in [0, 0.1) is 0 Å². The zero-order valence-corrected chi connectivity index (χ0v) is 10.8. The Bertz CT molecular complexity index is 452. The van der Waals surface area contributed by atoms with Gasteiger partial charge in [0.05, 0.1) is 11.6 Å². The zero-order valence-electron chi connectivity index (χ0n) is 8.48. The highest BCUT2D eigenvalue weighted by Gasteiger charge is 2.19. The summed E-state index contributed by atoms with van der Waals surface area (Å²) >= 11 is 8.97. The van der Waals surface area contributed by atoms with Gasteiger partial charge in [0.25, 0.3) is 5.91 Å². The molecule has 3 N–H and O–H groups in total. The summed E-state index contributed by atoms with van der Waals surface area (Å²) in [6.45, 7) is -0.675. The molecule has 0 aliphatic heterocycles. The van der Waals surface area contributed by atoms with Crippen LogP contribution in [0.3, 0.4) is 0 Å². The van der Waals surface area contributed by atoms with E-state index in [4.69, 9.17) is 21.8 Å². The molecule has 5 nitrogen and oxygen atoms in total. The number of carbonyl (C=O) groups excluding carboxylic acids is 1. The van der Waals surface area contributed by atoms with Gasteiger partial charge < -0.3 is 15.5 Å². The van der Waals surface area contributed by atoms with Crippen LogP contribution < -0.4 is 5.32 Å². The van der Waals surface area contributed by atoms with Gasteiger partial charge in [-0.25, -0.2) is 4.79 Å². The van der Waals surface area contributed by atoms with Crippen LogP contribution in [0.5, 0.6) is 0 Å². The quantitative estimate of drug-likeness (QED) is 0.779. The van der Waals surface area contributed by atoms with Crippen molar-refractivity contribution in [2.24, 2.45) is 0 Å². The van der Waals surface area contributed by atoms with E-state index in [1.165, 1.54) is 12.1 Å². The lowest BCUT2D eigenvalue weighted by molar-refractivity contribution is -0.140. The Morgan fingerprint density at radius 1 is 1.47 bits per heavy atom. The van der Waals surface area contributed by atoms with Crippen LogP contribution in [-0.2, 0) is 4.79 Å². The Labute approximate surface area is 111 Å². The van der Waals surface area contributed by atoms with E-state index >= 15 is 0 Å². The van der Waals surface area contributed by atoms with Crippen LogP contribution in [0.15, 0.2) is 22.7 Å². The number of aliphatic carboxylic acids is 1. The van der Waals surface area contributed by atoms with Crippen LogP contribution in [-0.4, -0.2) is 34.7 Å². The first-order valence-electron chi connectivity index (χ1n) is 4.55. The summed E-state index contributed by atoms with van der Waals surface area (Å²) in [6.07, 6.45) is 0. The van der Waals surface area contributed by atoms with Crippen molar-refractivity contribution in [2.45, 2.75) is 6.04 Å². The van der Waals surface area contributed by atoms with Gasteiger partial charge in [0, 0.05) is 10.0 Å². The average Bonchev–Trinajstić information content (AvgIpc) is 2.28. The van der Waals surface area contributed by atoms with Gasteiger partial charge in [-0.15, -0.1) is 0 Å². The first-order chi connectivity index (χ1) is 7.95. The summed E-state index contributed by atoms with van der Waals surface area (Å²) in [5.74, 6) is -1.91. The molecule has 17 heavy (non-hydrogen) atoms. The molecule has 0 heterocycles. The van der Waals surface area contributed by atoms with E-state index in [0.29, 0.717) is 9.50 Å². The Hall–Kier alpha value is -1.11. The summed E-state index contributed by atoms with van der Waals surface area (Å²) in [5, 5.41) is 19.9. The second-order valence-electron chi connectivity index (χ2n) is 3.18. The molecule has 7 heteroatoms. The molecule has 0 saturated carbocycles. The molecule has 0 aliphatic carbocycles. The Morgan fingerprint density at radius 3 is 2.59 bits per heavy atom. The van der Waals surface area contributed by atoms with Gasteiger partial charge in [-0.3, -0.25) is 4.79 Å². The second-order valence-corrected chi connectivity index (χ2v) is 4.44. The van der Waals surface area contributed by atoms with E-state index in [9.17, 15) is 9.59 Å². The first-order valence-corrected chi connectivity index (χ1v) is 5.72.